The second-order valence-electron chi connectivity index (χ2n) is 5.24. The molecule has 0 spiro atoms. The van der Waals surface area contributed by atoms with Crippen LogP contribution < -0.4 is 4.57 Å². The van der Waals surface area contributed by atoms with Gasteiger partial charge in [0.05, 0.1) is 20.8 Å². The highest BCUT2D eigenvalue weighted by Gasteiger charge is 2.17. The summed E-state index contributed by atoms with van der Waals surface area (Å²) in [7, 11) is -0.966. The minimum Gasteiger partial charge on any atom is -0.240 e. The molecule has 0 aliphatic carbocycles. The van der Waals surface area contributed by atoms with Crippen LogP contribution in [0.1, 0.15) is 19.8 Å². The first-order valence-electron chi connectivity index (χ1n) is 5.56. The van der Waals surface area contributed by atoms with Gasteiger partial charge in [-0.25, -0.2) is 9.13 Å². The number of nitrogens with zero attached hydrogens (tertiary/aromatic N) is 2. The Morgan fingerprint density at radius 3 is 2.57 bits per heavy atom. The van der Waals surface area contributed by atoms with Crippen LogP contribution in [-0.4, -0.2) is 12.6 Å². The van der Waals surface area contributed by atoms with Crippen LogP contribution >= 0.6 is 0 Å². The number of aryl methyl sites for hydroxylation is 1. The van der Waals surface area contributed by atoms with Crippen molar-refractivity contribution < 1.29 is 4.57 Å². The molecule has 1 rings (SSSR count). The van der Waals surface area contributed by atoms with E-state index in [2.05, 4.69) is 54.4 Å². The number of imidazole rings is 1. The van der Waals surface area contributed by atoms with Gasteiger partial charge in [0.1, 0.15) is 12.4 Å². The maximum Gasteiger partial charge on any atom is 0.243 e. The Morgan fingerprint density at radius 1 is 1.29 bits per heavy atom. The summed E-state index contributed by atoms with van der Waals surface area (Å²) in [6.07, 6.45) is 10.4. The normalized spacial score (nSPS) is 12.0. The lowest BCUT2D eigenvalue weighted by molar-refractivity contribution is -0.680. The third-order valence-electron chi connectivity index (χ3n) is 2.17. The van der Waals surface area contributed by atoms with Crippen molar-refractivity contribution in [3.05, 3.63) is 18.7 Å². The molecule has 0 aliphatic heterocycles. The van der Waals surface area contributed by atoms with Crippen molar-refractivity contribution in [2.24, 2.45) is 0 Å². The van der Waals surface area contributed by atoms with Gasteiger partial charge in [0.15, 0.2) is 0 Å². The minimum absolute atomic E-state index is 0.966. The van der Waals surface area contributed by atoms with Crippen LogP contribution in [0, 0.1) is 0 Å². The smallest absolute Gasteiger partial charge is 0.240 e. The second kappa shape index (κ2) is 4.78. The molecule has 3 heteroatoms. The fraction of sp³-hybridized carbons (Fsp3) is 0.727. The van der Waals surface area contributed by atoms with E-state index in [1.807, 2.05) is 0 Å². The molecule has 0 N–H and O–H groups in total. The van der Waals surface area contributed by atoms with Crippen LogP contribution in [0.4, 0.5) is 0 Å². The van der Waals surface area contributed by atoms with Crippen molar-refractivity contribution >= 4 is 8.07 Å². The molecule has 0 atom stereocenters. The molecule has 0 bridgehead atoms. The third kappa shape index (κ3) is 4.09. The lowest BCUT2D eigenvalue weighted by atomic mass is 10.3. The lowest BCUT2D eigenvalue weighted by Crippen LogP contribution is -2.44. The second-order valence-corrected chi connectivity index (χ2v) is 10.7. The van der Waals surface area contributed by atoms with Gasteiger partial charge in [0.25, 0.3) is 0 Å². The van der Waals surface area contributed by atoms with E-state index >= 15 is 0 Å². The van der Waals surface area contributed by atoms with Crippen LogP contribution in [-0.2, 0) is 12.7 Å². The van der Waals surface area contributed by atoms with Gasteiger partial charge in [0, 0.05) is 0 Å². The van der Waals surface area contributed by atoms with E-state index in [-0.39, 0.29) is 0 Å². The van der Waals surface area contributed by atoms with Gasteiger partial charge >= 0.3 is 0 Å². The molecule has 14 heavy (non-hydrogen) atoms. The highest BCUT2D eigenvalue weighted by atomic mass is 28.3. The molecule has 0 saturated heterocycles. The number of hydrogen-bond acceptors (Lipinski definition) is 0. The Morgan fingerprint density at radius 2 is 2.00 bits per heavy atom. The first-order chi connectivity index (χ1) is 6.51. The van der Waals surface area contributed by atoms with Gasteiger partial charge in [-0.2, -0.15) is 0 Å². The average Bonchev–Trinajstić information content (AvgIpc) is 2.46. The van der Waals surface area contributed by atoms with Crippen LogP contribution in [0.5, 0.6) is 0 Å². The maximum atomic E-state index is 2.41. The number of aromatic nitrogens is 2. The topological polar surface area (TPSA) is 8.81 Å². The van der Waals surface area contributed by atoms with Gasteiger partial charge in [0.2, 0.25) is 6.33 Å². The van der Waals surface area contributed by atoms with E-state index in [4.69, 9.17) is 0 Å². The summed E-state index contributed by atoms with van der Waals surface area (Å²) >= 11 is 0. The first kappa shape index (κ1) is 11.5. The van der Waals surface area contributed by atoms with Gasteiger partial charge in [-0.3, -0.25) is 0 Å². The van der Waals surface area contributed by atoms with E-state index in [0.29, 0.717) is 0 Å². The Hall–Kier alpha value is -0.573. The standard InChI is InChI=1S/C11H23N2Si/c1-5-6-7-12-8-9-13(10-12)11-14(2,3)4/h8-10H,5-7,11H2,1-4H3/q+1. The molecule has 80 valence electrons. The van der Waals surface area contributed by atoms with Crippen molar-refractivity contribution in [2.75, 3.05) is 0 Å². The third-order valence-corrected chi connectivity index (χ3v) is 3.49. The lowest BCUT2D eigenvalue weighted by Gasteiger charge is -2.11. The predicted molar refractivity (Wildman–Crippen MR) is 62.9 cm³/mol. The summed E-state index contributed by atoms with van der Waals surface area (Å²) in [4.78, 5) is 0. The van der Waals surface area contributed by atoms with Gasteiger partial charge < -0.3 is 0 Å². The van der Waals surface area contributed by atoms with Crippen molar-refractivity contribution in [2.45, 2.75) is 52.1 Å². The zero-order valence-electron chi connectivity index (χ0n) is 9.95. The number of unbranched alkanes of at least 4 members (excludes halogenated alkanes) is 1. The molecule has 1 heterocycles. The molecular formula is C11H23N2Si+. The summed E-state index contributed by atoms with van der Waals surface area (Å²) in [6.45, 7) is 10.6. The van der Waals surface area contributed by atoms with Crippen LogP contribution in [0.25, 0.3) is 0 Å². The fourth-order valence-corrected chi connectivity index (χ4v) is 2.84. The summed E-state index contributed by atoms with van der Waals surface area (Å²) in [5.41, 5.74) is 0. The molecule has 2 nitrogen and oxygen atoms in total. The molecule has 0 saturated carbocycles. The Kier molecular flexibility index (Phi) is 3.93. The quantitative estimate of drug-likeness (QED) is 0.522. The molecule has 1 aromatic rings. The summed E-state index contributed by atoms with van der Waals surface area (Å²) < 4.78 is 4.63. The van der Waals surface area contributed by atoms with Crippen LogP contribution in [0.2, 0.25) is 19.6 Å². The summed E-state index contributed by atoms with van der Waals surface area (Å²) in [5.74, 6) is 0. The molecular weight excluding hydrogens is 188 g/mol. The monoisotopic (exact) mass is 211 g/mol. The van der Waals surface area contributed by atoms with Gasteiger partial charge in [-0.05, 0) is 6.42 Å². The number of rotatable bonds is 5. The van der Waals surface area contributed by atoms with Crippen molar-refractivity contribution in [3.8, 4) is 0 Å². The molecule has 1 aromatic heterocycles. The number of hydrogen-bond donors (Lipinski definition) is 0. The molecule has 0 radical (unpaired) electrons. The average molecular weight is 211 g/mol. The zero-order chi connectivity index (χ0) is 10.6. The summed E-state index contributed by atoms with van der Waals surface area (Å²) in [6, 6.07) is 0. The van der Waals surface area contributed by atoms with E-state index in [1.165, 1.54) is 19.0 Å². The van der Waals surface area contributed by atoms with Crippen molar-refractivity contribution in [1.82, 2.24) is 4.57 Å². The van der Waals surface area contributed by atoms with E-state index in [9.17, 15) is 0 Å². The SMILES string of the molecule is CCCCn1cc[n+](C[Si](C)(C)C)c1. The Labute approximate surface area is 88.6 Å². The highest BCUT2D eigenvalue weighted by molar-refractivity contribution is 6.74. The predicted octanol–water partition coefficient (Wildman–Crippen LogP) is 2.45. The van der Waals surface area contributed by atoms with E-state index < -0.39 is 8.07 Å². The molecule has 0 fully saturated rings. The Balaban J connectivity index is 2.51. The van der Waals surface area contributed by atoms with Crippen LogP contribution in [0.3, 0.4) is 0 Å². The first-order valence-corrected chi connectivity index (χ1v) is 9.27. The largest absolute Gasteiger partial charge is 0.243 e. The van der Waals surface area contributed by atoms with Crippen molar-refractivity contribution in [1.29, 1.82) is 0 Å². The van der Waals surface area contributed by atoms with Gasteiger partial charge in [-0.15, -0.1) is 0 Å². The van der Waals surface area contributed by atoms with Crippen molar-refractivity contribution in [3.63, 3.8) is 0 Å². The Bertz CT molecular complexity index is 273. The molecule has 0 aliphatic rings. The summed E-state index contributed by atoms with van der Waals surface area (Å²) in [5, 5.41) is 0. The van der Waals surface area contributed by atoms with Gasteiger partial charge in [-0.1, -0.05) is 33.0 Å². The van der Waals surface area contributed by atoms with E-state index in [0.717, 1.165) is 6.54 Å². The minimum atomic E-state index is -0.966. The molecule has 0 unspecified atom stereocenters. The highest BCUT2D eigenvalue weighted by Crippen LogP contribution is 2.00. The zero-order valence-corrected chi connectivity index (χ0v) is 11.0. The maximum absolute atomic E-state index is 2.41. The molecule has 0 aromatic carbocycles. The molecule has 0 amide bonds. The van der Waals surface area contributed by atoms with E-state index in [1.54, 1.807) is 0 Å². The fourth-order valence-electron chi connectivity index (χ4n) is 1.55. The van der Waals surface area contributed by atoms with Crippen LogP contribution in [0.15, 0.2) is 18.7 Å².